The molecule has 112 valence electrons. The molecule has 2 N–H and O–H groups in total. The lowest BCUT2D eigenvalue weighted by molar-refractivity contribution is -0.147. The molecule has 8 heteroatoms. The van der Waals surface area contributed by atoms with E-state index in [-0.39, 0.29) is 12.2 Å². The van der Waals surface area contributed by atoms with E-state index in [1.807, 2.05) is 0 Å². The number of carbonyl (C=O) groups is 1. The first-order chi connectivity index (χ1) is 9.25. The number of aliphatic hydroxyl groups is 2. The fraction of sp³-hybridized carbons (Fsp3) is 0.500. The number of alkyl halides is 3. The number of esters is 1. The standard InChI is InChI=1S/C12H14F3NO4/c1-2-20-10(18)4-9(17)11(19)7-3-8(6-16-5-7)12(13,14)15/h3,5-6,9,11,17,19H,2,4H2,1H3. The Morgan fingerprint density at radius 2 is 2.05 bits per heavy atom. The van der Waals surface area contributed by atoms with Crippen molar-refractivity contribution in [2.75, 3.05) is 6.61 Å². The lowest BCUT2D eigenvalue weighted by Gasteiger charge is -2.18. The average Bonchev–Trinajstić information content (AvgIpc) is 2.37. The van der Waals surface area contributed by atoms with Crippen LogP contribution in [0.15, 0.2) is 18.5 Å². The van der Waals surface area contributed by atoms with Crippen molar-refractivity contribution >= 4 is 5.97 Å². The number of nitrogens with zero attached hydrogens (tertiary/aromatic N) is 1. The molecule has 0 aliphatic carbocycles. The minimum atomic E-state index is -4.60. The average molecular weight is 293 g/mol. The van der Waals surface area contributed by atoms with E-state index in [0.29, 0.717) is 12.3 Å². The van der Waals surface area contributed by atoms with Gasteiger partial charge in [0.15, 0.2) is 0 Å². The minimum absolute atomic E-state index is 0.104. The fourth-order valence-corrected chi connectivity index (χ4v) is 1.50. The van der Waals surface area contributed by atoms with E-state index in [2.05, 4.69) is 9.72 Å². The van der Waals surface area contributed by atoms with Gasteiger partial charge in [-0.25, -0.2) is 0 Å². The summed E-state index contributed by atoms with van der Waals surface area (Å²) in [7, 11) is 0. The number of hydrogen-bond acceptors (Lipinski definition) is 5. The van der Waals surface area contributed by atoms with Gasteiger partial charge < -0.3 is 14.9 Å². The van der Waals surface area contributed by atoms with Gasteiger partial charge in [0, 0.05) is 18.0 Å². The van der Waals surface area contributed by atoms with E-state index in [1.165, 1.54) is 0 Å². The lowest BCUT2D eigenvalue weighted by atomic mass is 10.0. The highest BCUT2D eigenvalue weighted by molar-refractivity contribution is 5.70. The summed E-state index contributed by atoms with van der Waals surface area (Å²) in [4.78, 5) is 14.5. The van der Waals surface area contributed by atoms with Crippen molar-refractivity contribution < 1.29 is 32.9 Å². The first kappa shape index (κ1) is 16.4. The van der Waals surface area contributed by atoms with Gasteiger partial charge in [0.2, 0.25) is 0 Å². The summed E-state index contributed by atoms with van der Waals surface area (Å²) in [6.45, 7) is 1.67. The monoisotopic (exact) mass is 293 g/mol. The van der Waals surface area contributed by atoms with Gasteiger partial charge in [0.25, 0.3) is 0 Å². The number of ether oxygens (including phenoxy) is 1. The van der Waals surface area contributed by atoms with Crippen LogP contribution in [0, 0.1) is 0 Å². The Labute approximate surface area is 113 Å². The van der Waals surface area contributed by atoms with Crippen LogP contribution in [0.25, 0.3) is 0 Å². The molecule has 1 aromatic heterocycles. The molecule has 0 aromatic carbocycles. The molecular weight excluding hydrogens is 279 g/mol. The Morgan fingerprint density at radius 3 is 2.60 bits per heavy atom. The summed E-state index contributed by atoms with van der Waals surface area (Å²) in [5.74, 6) is -0.751. The largest absolute Gasteiger partial charge is 0.466 e. The molecule has 1 rings (SSSR count). The highest BCUT2D eigenvalue weighted by Gasteiger charge is 2.32. The smallest absolute Gasteiger partial charge is 0.417 e. The number of halogens is 3. The van der Waals surface area contributed by atoms with E-state index < -0.39 is 36.3 Å². The van der Waals surface area contributed by atoms with Crippen LogP contribution < -0.4 is 0 Å². The Bertz CT molecular complexity index is 464. The third-order valence-corrected chi connectivity index (χ3v) is 2.47. The van der Waals surface area contributed by atoms with Crippen molar-refractivity contribution in [2.24, 2.45) is 0 Å². The van der Waals surface area contributed by atoms with Gasteiger partial charge in [0.05, 0.1) is 24.7 Å². The topological polar surface area (TPSA) is 79.7 Å². The summed E-state index contributed by atoms with van der Waals surface area (Å²) in [6, 6.07) is 0.673. The van der Waals surface area contributed by atoms with Crippen LogP contribution in [-0.4, -0.2) is 33.9 Å². The van der Waals surface area contributed by atoms with Gasteiger partial charge in [-0.2, -0.15) is 13.2 Å². The van der Waals surface area contributed by atoms with Crippen LogP contribution in [0.5, 0.6) is 0 Å². The summed E-state index contributed by atoms with van der Waals surface area (Å²) in [6.07, 6.45) is -6.75. The number of pyridine rings is 1. The second-order valence-electron chi connectivity index (χ2n) is 4.03. The van der Waals surface area contributed by atoms with Crippen LogP contribution in [0.4, 0.5) is 13.2 Å². The number of hydrogen-bond donors (Lipinski definition) is 2. The predicted octanol–water partition coefficient (Wildman–Crippen LogP) is 1.45. The molecule has 20 heavy (non-hydrogen) atoms. The predicted molar refractivity (Wildman–Crippen MR) is 61.5 cm³/mol. The molecule has 0 saturated carbocycles. The number of aromatic nitrogens is 1. The molecule has 0 fully saturated rings. The quantitative estimate of drug-likeness (QED) is 0.803. The molecule has 2 unspecified atom stereocenters. The van der Waals surface area contributed by atoms with Crippen molar-refractivity contribution in [3.8, 4) is 0 Å². The highest BCUT2D eigenvalue weighted by Crippen LogP contribution is 2.30. The van der Waals surface area contributed by atoms with Gasteiger partial charge in [0.1, 0.15) is 6.10 Å². The number of rotatable bonds is 5. The Kier molecular flexibility index (Phi) is 5.46. The molecular formula is C12H14F3NO4. The molecule has 1 heterocycles. The number of aliphatic hydroxyl groups excluding tert-OH is 2. The van der Waals surface area contributed by atoms with Crippen LogP contribution in [0.2, 0.25) is 0 Å². The Hall–Kier alpha value is -1.67. The van der Waals surface area contributed by atoms with Crippen molar-refractivity contribution in [3.05, 3.63) is 29.6 Å². The van der Waals surface area contributed by atoms with Crippen molar-refractivity contribution in [1.29, 1.82) is 0 Å². The Morgan fingerprint density at radius 1 is 1.40 bits per heavy atom. The molecule has 2 atom stereocenters. The lowest BCUT2D eigenvalue weighted by Crippen LogP contribution is -2.23. The van der Waals surface area contributed by atoms with E-state index >= 15 is 0 Å². The zero-order valence-corrected chi connectivity index (χ0v) is 10.6. The van der Waals surface area contributed by atoms with Gasteiger partial charge in [-0.1, -0.05) is 0 Å². The van der Waals surface area contributed by atoms with Crippen molar-refractivity contribution in [2.45, 2.75) is 31.7 Å². The normalized spacial score (nSPS) is 14.7. The molecule has 0 bridgehead atoms. The first-order valence-corrected chi connectivity index (χ1v) is 5.79. The van der Waals surface area contributed by atoms with E-state index in [0.717, 1.165) is 6.20 Å². The minimum Gasteiger partial charge on any atom is -0.466 e. The fourth-order valence-electron chi connectivity index (χ4n) is 1.50. The summed E-state index contributed by atoms with van der Waals surface area (Å²) < 4.78 is 42.0. The van der Waals surface area contributed by atoms with Crippen molar-refractivity contribution in [3.63, 3.8) is 0 Å². The van der Waals surface area contributed by atoms with Crippen molar-refractivity contribution in [1.82, 2.24) is 4.98 Å². The SMILES string of the molecule is CCOC(=O)CC(O)C(O)c1cncc(C(F)(F)F)c1. The van der Waals surface area contributed by atoms with Crippen LogP contribution in [0.3, 0.4) is 0 Å². The molecule has 0 amide bonds. The van der Waals surface area contributed by atoms with E-state index in [1.54, 1.807) is 6.92 Å². The summed E-state index contributed by atoms with van der Waals surface area (Å²) in [5.41, 5.74) is -1.27. The van der Waals surface area contributed by atoms with Gasteiger partial charge >= 0.3 is 12.1 Å². The maximum Gasteiger partial charge on any atom is 0.417 e. The first-order valence-electron chi connectivity index (χ1n) is 5.79. The highest BCUT2D eigenvalue weighted by atomic mass is 19.4. The van der Waals surface area contributed by atoms with Gasteiger partial charge in [-0.05, 0) is 13.0 Å². The molecule has 1 aromatic rings. The van der Waals surface area contributed by atoms with Crippen LogP contribution in [-0.2, 0) is 15.7 Å². The summed E-state index contributed by atoms with van der Waals surface area (Å²) >= 11 is 0. The van der Waals surface area contributed by atoms with Crippen LogP contribution in [0.1, 0.15) is 30.6 Å². The molecule has 0 radical (unpaired) electrons. The van der Waals surface area contributed by atoms with E-state index in [4.69, 9.17) is 0 Å². The molecule has 0 spiro atoms. The van der Waals surface area contributed by atoms with E-state index in [9.17, 15) is 28.2 Å². The molecule has 0 aliphatic heterocycles. The molecule has 0 aliphatic rings. The second-order valence-corrected chi connectivity index (χ2v) is 4.03. The summed E-state index contributed by atoms with van der Waals surface area (Å²) in [5, 5.41) is 19.3. The third kappa shape index (κ3) is 4.46. The van der Waals surface area contributed by atoms with Gasteiger partial charge in [-0.3, -0.25) is 9.78 Å². The Balaban J connectivity index is 2.81. The molecule has 0 saturated heterocycles. The maximum absolute atomic E-state index is 12.5. The molecule has 5 nitrogen and oxygen atoms in total. The maximum atomic E-state index is 12.5. The zero-order chi connectivity index (χ0) is 15.3. The number of carbonyl (C=O) groups excluding carboxylic acids is 1. The third-order valence-electron chi connectivity index (χ3n) is 2.47. The second kappa shape index (κ2) is 6.67. The zero-order valence-electron chi connectivity index (χ0n) is 10.6. The van der Waals surface area contributed by atoms with Crippen LogP contribution >= 0.6 is 0 Å². The van der Waals surface area contributed by atoms with Gasteiger partial charge in [-0.15, -0.1) is 0 Å².